The first kappa shape index (κ1) is 17.3. The third kappa shape index (κ3) is 2.48. The van der Waals surface area contributed by atoms with Crippen LogP contribution in [0.4, 0.5) is 0 Å². The average molecular weight is 368 g/mol. The number of carbonyl (C=O) groups excluding carboxylic acids is 1. The highest BCUT2D eigenvalue weighted by atomic mass is 16.5. The van der Waals surface area contributed by atoms with Crippen LogP contribution in [-0.4, -0.2) is 49.3 Å². The number of hydrogen-bond donors (Lipinski definition) is 1. The van der Waals surface area contributed by atoms with Gasteiger partial charge in [0.2, 0.25) is 0 Å². The lowest BCUT2D eigenvalue weighted by Gasteiger charge is -2.58. The molecule has 2 unspecified atom stereocenters. The number of ether oxygens (including phenoxy) is 2. The van der Waals surface area contributed by atoms with Crippen LogP contribution in [0.3, 0.4) is 0 Å². The minimum Gasteiger partial charge on any atom is -0.469 e. The fourth-order valence-corrected chi connectivity index (χ4v) is 6.43. The fourth-order valence-electron chi connectivity index (χ4n) is 6.43. The summed E-state index contributed by atoms with van der Waals surface area (Å²) < 4.78 is 10.8. The van der Waals surface area contributed by atoms with E-state index in [0.717, 1.165) is 39.0 Å². The molecule has 0 spiro atoms. The molecular weight excluding hydrogens is 340 g/mol. The minimum atomic E-state index is -0.444. The van der Waals surface area contributed by atoms with E-state index in [0.29, 0.717) is 11.8 Å². The number of hydrogen-bond acceptors (Lipinski definition) is 4. The number of nitrogens with zero attached hydrogens (tertiary/aromatic N) is 1. The first-order chi connectivity index (χ1) is 13.2. The van der Waals surface area contributed by atoms with Gasteiger partial charge in [-0.1, -0.05) is 18.2 Å². The summed E-state index contributed by atoms with van der Waals surface area (Å²) >= 11 is 0. The number of carbonyl (C=O) groups is 1. The van der Waals surface area contributed by atoms with Crippen LogP contribution in [0.1, 0.15) is 30.5 Å². The molecule has 5 nitrogen and oxygen atoms in total. The van der Waals surface area contributed by atoms with Crippen molar-refractivity contribution in [2.75, 3.05) is 27.4 Å². The largest absolute Gasteiger partial charge is 0.469 e. The normalized spacial score (nSPS) is 34.3. The Morgan fingerprint density at radius 3 is 3.00 bits per heavy atom. The average Bonchev–Trinajstić information content (AvgIpc) is 2.97. The molecule has 1 aromatic carbocycles. The van der Waals surface area contributed by atoms with Crippen molar-refractivity contribution in [1.29, 1.82) is 0 Å². The van der Waals surface area contributed by atoms with Crippen LogP contribution in [0, 0.1) is 17.3 Å². The number of methoxy groups -OCH3 is 2. The Morgan fingerprint density at radius 2 is 2.19 bits per heavy atom. The van der Waals surface area contributed by atoms with Gasteiger partial charge in [0.15, 0.2) is 0 Å². The molecule has 5 atom stereocenters. The van der Waals surface area contributed by atoms with Crippen molar-refractivity contribution < 1.29 is 14.3 Å². The molecule has 5 heteroatoms. The number of benzene rings is 1. The Morgan fingerprint density at radius 1 is 1.33 bits per heavy atom. The third-order valence-corrected chi connectivity index (χ3v) is 7.23. The Balaban J connectivity index is 1.63. The molecule has 1 saturated carbocycles. The molecule has 3 fully saturated rings. The van der Waals surface area contributed by atoms with E-state index >= 15 is 0 Å². The number of para-hydroxylation sites is 1. The summed E-state index contributed by atoms with van der Waals surface area (Å²) in [6, 6.07) is 8.74. The lowest BCUT2D eigenvalue weighted by molar-refractivity contribution is -0.176. The van der Waals surface area contributed by atoms with Crippen molar-refractivity contribution in [1.82, 2.24) is 9.88 Å². The maximum Gasteiger partial charge on any atom is 0.313 e. The number of fused-ring (bicyclic) bond motifs is 4. The van der Waals surface area contributed by atoms with Gasteiger partial charge in [0, 0.05) is 55.9 Å². The van der Waals surface area contributed by atoms with Gasteiger partial charge >= 0.3 is 5.97 Å². The monoisotopic (exact) mass is 368 g/mol. The molecule has 6 rings (SSSR count). The van der Waals surface area contributed by atoms with E-state index in [1.165, 1.54) is 28.6 Å². The molecule has 4 aliphatic rings. The van der Waals surface area contributed by atoms with Crippen LogP contribution in [0.25, 0.3) is 10.9 Å². The smallest absolute Gasteiger partial charge is 0.313 e. The lowest BCUT2D eigenvalue weighted by atomic mass is 9.56. The topological polar surface area (TPSA) is 54.6 Å². The number of aromatic amines is 1. The van der Waals surface area contributed by atoms with Gasteiger partial charge in [-0.2, -0.15) is 0 Å². The van der Waals surface area contributed by atoms with Crippen LogP contribution in [0.5, 0.6) is 0 Å². The highest BCUT2D eigenvalue weighted by molar-refractivity contribution is 5.86. The molecule has 4 heterocycles. The molecule has 27 heavy (non-hydrogen) atoms. The molecule has 2 aromatic rings. The molecule has 4 bridgehead atoms. The number of nitrogens with one attached hydrogen (secondary N) is 1. The summed E-state index contributed by atoms with van der Waals surface area (Å²) in [4.78, 5) is 19.4. The van der Waals surface area contributed by atoms with E-state index in [1.807, 2.05) is 0 Å². The van der Waals surface area contributed by atoms with Gasteiger partial charge in [0.25, 0.3) is 0 Å². The van der Waals surface area contributed by atoms with Crippen molar-refractivity contribution >= 4 is 16.9 Å². The van der Waals surface area contributed by atoms with Crippen LogP contribution in [0.15, 0.2) is 24.3 Å². The fraction of sp³-hybridized carbons (Fsp3) is 0.591. The second-order valence-electron chi connectivity index (χ2n) is 8.67. The maximum atomic E-state index is 13.2. The van der Waals surface area contributed by atoms with Crippen molar-refractivity contribution in [3.63, 3.8) is 0 Å². The van der Waals surface area contributed by atoms with Gasteiger partial charge in [0.05, 0.1) is 12.5 Å². The summed E-state index contributed by atoms with van der Waals surface area (Å²) in [5.74, 6) is 1.02. The number of H-pyrrole nitrogens is 1. The summed E-state index contributed by atoms with van der Waals surface area (Å²) in [6.45, 7) is 2.77. The van der Waals surface area contributed by atoms with Gasteiger partial charge in [-0.25, -0.2) is 0 Å². The Hall–Kier alpha value is -1.85. The Kier molecular flexibility index (Phi) is 4.06. The first-order valence-corrected chi connectivity index (χ1v) is 10.1. The lowest BCUT2D eigenvalue weighted by Crippen LogP contribution is -2.65. The molecule has 1 aromatic heterocycles. The number of piperidine rings is 2. The predicted molar refractivity (Wildman–Crippen MR) is 103 cm³/mol. The maximum absolute atomic E-state index is 13.2. The second kappa shape index (κ2) is 6.35. The highest BCUT2D eigenvalue weighted by Crippen LogP contribution is 2.55. The molecule has 144 valence electrons. The third-order valence-electron chi connectivity index (χ3n) is 7.23. The number of aromatic nitrogens is 1. The predicted octanol–water partition coefficient (Wildman–Crippen LogP) is 3.13. The summed E-state index contributed by atoms with van der Waals surface area (Å²) in [5.41, 5.74) is 3.32. The minimum absolute atomic E-state index is 0.0316. The van der Waals surface area contributed by atoms with Crippen LogP contribution >= 0.6 is 0 Å². The van der Waals surface area contributed by atoms with E-state index < -0.39 is 5.41 Å². The summed E-state index contributed by atoms with van der Waals surface area (Å²) in [6.07, 6.45) is 3.92. The van der Waals surface area contributed by atoms with E-state index in [2.05, 4.69) is 34.1 Å². The zero-order chi connectivity index (χ0) is 18.6. The Labute approximate surface area is 160 Å². The van der Waals surface area contributed by atoms with Crippen molar-refractivity contribution in [3.05, 3.63) is 35.5 Å². The van der Waals surface area contributed by atoms with Crippen LogP contribution < -0.4 is 0 Å². The van der Waals surface area contributed by atoms with Crippen molar-refractivity contribution in [3.8, 4) is 0 Å². The van der Waals surface area contributed by atoms with E-state index in [9.17, 15) is 4.79 Å². The van der Waals surface area contributed by atoms with Gasteiger partial charge in [-0.3, -0.25) is 9.69 Å². The van der Waals surface area contributed by atoms with Gasteiger partial charge in [-0.15, -0.1) is 0 Å². The first-order valence-electron chi connectivity index (χ1n) is 10.1. The molecule has 3 aliphatic heterocycles. The second-order valence-corrected chi connectivity index (χ2v) is 8.67. The van der Waals surface area contributed by atoms with Crippen LogP contribution in [-0.2, 0) is 27.2 Å². The zero-order valence-electron chi connectivity index (χ0n) is 16.2. The van der Waals surface area contributed by atoms with E-state index in [-0.39, 0.29) is 12.0 Å². The Bertz CT molecular complexity index is 876. The highest BCUT2D eigenvalue weighted by Gasteiger charge is 2.61. The quantitative estimate of drug-likeness (QED) is 0.843. The molecule has 2 saturated heterocycles. The van der Waals surface area contributed by atoms with E-state index in [1.54, 1.807) is 14.2 Å². The number of rotatable bonds is 4. The SMILES string of the molecule is COCC[C@H]1C[C@@H]2CN3Cc4c([nH]c5ccccc45)C[C@](C(=O)OC)(C2)C13. The molecule has 0 amide bonds. The molecule has 0 radical (unpaired) electrons. The van der Waals surface area contributed by atoms with Gasteiger partial charge in [-0.05, 0) is 42.7 Å². The zero-order valence-corrected chi connectivity index (χ0v) is 16.2. The van der Waals surface area contributed by atoms with E-state index in [4.69, 9.17) is 9.47 Å². The van der Waals surface area contributed by atoms with Crippen LogP contribution in [0.2, 0.25) is 0 Å². The van der Waals surface area contributed by atoms with Crippen molar-refractivity contribution in [2.45, 2.75) is 38.3 Å². The van der Waals surface area contributed by atoms with Gasteiger partial charge < -0.3 is 14.5 Å². The molecular formula is C22H28N2O3. The standard InChI is InChI=1S/C22H28N2O3/c1-26-8-7-15-9-14-10-22(21(25)27-2)11-19-17(13-24(12-14)20(15)22)16-5-3-4-6-18(16)23-19/h3-6,14-15,20,23H,7-13H2,1-2H3/t14-,15-,20?,22+/m0/s1. The number of esters is 1. The summed E-state index contributed by atoms with van der Waals surface area (Å²) in [7, 11) is 3.31. The van der Waals surface area contributed by atoms with Gasteiger partial charge in [0.1, 0.15) is 0 Å². The molecule has 1 aliphatic carbocycles. The molecule has 1 N–H and O–H groups in total. The van der Waals surface area contributed by atoms with Crippen molar-refractivity contribution in [2.24, 2.45) is 17.3 Å². The summed E-state index contributed by atoms with van der Waals surface area (Å²) in [5, 5.41) is 1.30.